The Bertz CT molecular complexity index is 723. The quantitative estimate of drug-likeness (QED) is 0.515. The molecule has 1 aliphatic rings. The van der Waals surface area contributed by atoms with Crippen molar-refractivity contribution in [1.29, 1.82) is 0 Å². The smallest absolute Gasteiger partial charge is 0.261 e. The first kappa shape index (κ1) is 17.5. The van der Waals surface area contributed by atoms with Crippen molar-refractivity contribution >= 4 is 22.6 Å². The predicted octanol–water partition coefficient (Wildman–Crippen LogP) is 2.12. The molecule has 2 aromatic carbocycles. The predicted molar refractivity (Wildman–Crippen MR) is 92.8 cm³/mol. The maximum Gasteiger partial charge on any atom is 0.261 e. The Kier molecular flexibility index (Phi) is 5.75. The molecule has 0 saturated carbocycles. The van der Waals surface area contributed by atoms with Gasteiger partial charge in [0.2, 0.25) is 0 Å². The topological polar surface area (TPSA) is 65.1 Å². The van der Waals surface area contributed by atoms with Crippen LogP contribution in [0.15, 0.2) is 36.4 Å². The summed E-state index contributed by atoms with van der Waals surface area (Å²) in [6.07, 6.45) is 0. The molecule has 25 heavy (non-hydrogen) atoms. The number of hydrogen-bond acceptors (Lipinski definition) is 5. The number of methoxy groups -OCH3 is 1. The summed E-state index contributed by atoms with van der Waals surface area (Å²) in [6.45, 7) is 2.43. The van der Waals surface area contributed by atoms with Gasteiger partial charge < -0.3 is 14.2 Å². The zero-order chi connectivity index (χ0) is 17.6. The molecular formula is C19H21NO5. The van der Waals surface area contributed by atoms with Crippen LogP contribution in [0.1, 0.15) is 20.7 Å². The zero-order valence-corrected chi connectivity index (χ0v) is 14.2. The Morgan fingerprint density at radius 1 is 0.800 bits per heavy atom. The highest BCUT2D eigenvalue weighted by molar-refractivity contribution is 6.25. The lowest BCUT2D eigenvalue weighted by atomic mass is 9.94. The van der Waals surface area contributed by atoms with Crippen molar-refractivity contribution in [3.63, 3.8) is 0 Å². The molecule has 0 spiro atoms. The van der Waals surface area contributed by atoms with Gasteiger partial charge in [-0.2, -0.15) is 0 Å². The Morgan fingerprint density at radius 3 is 1.96 bits per heavy atom. The summed E-state index contributed by atoms with van der Waals surface area (Å²) in [5.41, 5.74) is 1.13. The summed E-state index contributed by atoms with van der Waals surface area (Å²) in [4.78, 5) is 26.6. The van der Waals surface area contributed by atoms with Crippen LogP contribution in [0, 0.1) is 0 Å². The third kappa shape index (κ3) is 3.71. The van der Waals surface area contributed by atoms with Gasteiger partial charge in [0.25, 0.3) is 11.8 Å². The molecule has 0 saturated heterocycles. The normalized spacial score (nSPS) is 13.7. The lowest BCUT2D eigenvalue weighted by Crippen LogP contribution is -2.42. The highest BCUT2D eigenvalue weighted by Crippen LogP contribution is 2.29. The number of nitrogens with zero attached hydrogens (tertiary/aromatic N) is 1. The average Bonchev–Trinajstić information content (AvgIpc) is 2.64. The summed E-state index contributed by atoms with van der Waals surface area (Å²) < 4.78 is 15.6. The van der Waals surface area contributed by atoms with Gasteiger partial charge in [0.1, 0.15) is 0 Å². The molecule has 0 unspecified atom stereocenters. The van der Waals surface area contributed by atoms with Gasteiger partial charge in [-0.15, -0.1) is 0 Å². The monoisotopic (exact) mass is 343 g/mol. The van der Waals surface area contributed by atoms with Gasteiger partial charge >= 0.3 is 0 Å². The molecular weight excluding hydrogens is 322 g/mol. The molecule has 132 valence electrons. The van der Waals surface area contributed by atoms with Crippen LogP contribution in [0.5, 0.6) is 0 Å². The summed E-state index contributed by atoms with van der Waals surface area (Å²) >= 11 is 0. The first-order chi connectivity index (χ1) is 12.2. The fourth-order valence-corrected chi connectivity index (χ4v) is 2.90. The van der Waals surface area contributed by atoms with Crippen LogP contribution in [0.4, 0.5) is 0 Å². The van der Waals surface area contributed by atoms with E-state index in [0.717, 1.165) is 10.8 Å². The molecule has 2 amide bonds. The van der Waals surface area contributed by atoms with Gasteiger partial charge in [-0.25, -0.2) is 0 Å². The van der Waals surface area contributed by atoms with E-state index in [0.29, 0.717) is 37.6 Å². The number of ether oxygens (including phenoxy) is 3. The van der Waals surface area contributed by atoms with Gasteiger partial charge in [-0.3, -0.25) is 14.5 Å². The van der Waals surface area contributed by atoms with E-state index in [1.807, 2.05) is 24.3 Å². The fraction of sp³-hybridized carbons (Fsp3) is 0.368. The molecule has 2 aromatic rings. The molecule has 6 heteroatoms. The number of hydrogen-bond donors (Lipinski definition) is 0. The number of carbonyl (C=O) groups excluding carboxylic acids is 2. The third-order valence-electron chi connectivity index (χ3n) is 4.12. The van der Waals surface area contributed by atoms with E-state index in [-0.39, 0.29) is 25.0 Å². The molecule has 0 atom stereocenters. The van der Waals surface area contributed by atoms with Crippen LogP contribution < -0.4 is 0 Å². The second kappa shape index (κ2) is 8.20. The van der Waals surface area contributed by atoms with Crippen molar-refractivity contribution in [3.05, 3.63) is 47.5 Å². The van der Waals surface area contributed by atoms with Crippen molar-refractivity contribution in [2.45, 2.75) is 0 Å². The van der Waals surface area contributed by atoms with E-state index in [1.165, 1.54) is 4.90 Å². The van der Waals surface area contributed by atoms with Gasteiger partial charge in [-0.1, -0.05) is 24.3 Å². The zero-order valence-electron chi connectivity index (χ0n) is 14.2. The Labute approximate surface area is 146 Å². The van der Waals surface area contributed by atoms with Gasteiger partial charge in [0.05, 0.1) is 39.6 Å². The molecule has 0 N–H and O–H groups in total. The summed E-state index contributed by atoms with van der Waals surface area (Å²) in [7, 11) is 1.62. The van der Waals surface area contributed by atoms with E-state index >= 15 is 0 Å². The summed E-state index contributed by atoms with van der Waals surface area (Å²) in [5, 5.41) is 1.64. The maximum absolute atomic E-state index is 12.7. The molecule has 0 aromatic heterocycles. The fourth-order valence-electron chi connectivity index (χ4n) is 2.90. The van der Waals surface area contributed by atoms with Crippen molar-refractivity contribution < 1.29 is 23.8 Å². The first-order valence-corrected chi connectivity index (χ1v) is 8.26. The van der Waals surface area contributed by atoms with Crippen molar-refractivity contribution in [3.8, 4) is 0 Å². The molecule has 1 aliphatic heterocycles. The van der Waals surface area contributed by atoms with Crippen molar-refractivity contribution in [1.82, 2.24) is 4.90 Å². The minimum absolute atomic E-state index is 0.223. The number of imide groups is 1. The molecule has 6 nitrogen and oxygen atoms in total. The Balaban J connectivity index is 1.59. The largest absolute Gasteiger partial charge is 0.382 e. The van der Waals surface area contributed by atoms with Gasteiger partial charge in [0.15, 0.2) is 0 Å². The van der Waals surface area contributed by atoms with Crippen LogP contribution in [-0.2, 0) is 14.2 Å². The van der Waals surface area contributed by atoms with E-state index in [9.17, 15) is 9.59 Å². The SMILES string of the molecule is COCCOCCOCCN1C(=O)c2cccc3cccc(c23)C1=O. The Morgan fingerprint density at radius 2 is 1.36 bits per heavy atom. The lowest BCUT2D eigenvalue weighted by Gasteiger charge is -2.27. The summed E-state index contributed by atoms with van der Waals surface area (Å²) in [6, 6.07) is 11.0. The number of rotatable bonds is 9. The second-order valence-electron chi connectivity index (χ2n) is 5.69. The van der Waals surface area contributed by atoms with Gasteiger partial charge in [0, 0.05) is 23.6 Å². The standard InChI is InChI=1S/C19H21NO5/c1-23-10-11-25-13-12-24-9-8-20-18(21)15-6-2-4-14-5-3-7-16(17(14)15)19(20)22/h2-7H,8-13H2,1H3. The van der Waals surface area contributed by atoms with Crippen LogP contribution in [-0.4, -0.2) is 63.4 Å². The van der Waals surface area contributed by atoms with Crippen LogP contribution in [0.3, 0.4) is 0 Å². The molecule has 1 heterocycles. The minimum atomic E-state index is -0.269. The van der Waals surface area contributed by atoms with Crippen molar-refractivity contribution in [2.75, 3.05) is 46.7 Å². The van der Waals surface area contributed by atoms with E-state index in [4.69, 9.17) is 14.2 Å². The lowest BCUT2D eigenvalue weighted by molar-refractivity contribution is 0.0189. The first-order valence-electron chi connectivity index (χ1n) is 8.26. The molecule has 3 rings (SSSR count). The molecule has 0 aliphatic carbocycles. The average molecular weight is 343 g/mol. The van der Waals surface area contributed by atoms with E-state index < -0.39 is 0 Å². The van der Waals surface area contributed by atoms with Crippen LogP contribution in [0.25, 0.3) is 10.8 Å². The van der Waals surface area contributed by atoms with E-state index in [1.54, 1.807) is 19.2 Å². The minimum Gasteiger partial charge on any atom is -0.382 e. The summed E-state index contributed by atoms with van der Waals surface area (Å²) in [5.74, 6) is -0.538. The third-order valence-corrected chi connectivity index (χ3v) is 4.12. The van der Waals surface area contributed by atoms with E-state index in [2.05, 4.69) is 0 Å². The highest BCUT2D eigenvalue weighted by Gasteiger charge is 2.32. The highest BCUT2D eigenvalue weighted by atomic mass is 16.5. The van der Waals surface area contributed by atoms with Crippen LogP contribution in [0.2, 0.25) is 0 Å². The number of carbonyl (C=O) groups is 2. The van der Waals surface area contributed by atoms with Crippen LogP contribution >= 0.6 is 0 Å². The number of benzene rings is 2. The molecule has 0 fully saturated rings. The van der Waals surface area contributed by atoms with Gasteiger partial charge in [-0.05, 0) is 17.5 Å². The molecule has 0 radical (unpaired) electrons. The van der Waals surface area contributed by atoms with Crippen molar-refractivity contribution in [2.24, 2.45) is 0 Å². The molecule has 0 bridgehead atoms. The Hall–Kier alpha value is -2.28. The number of amides is 2. The maximum atomic E-state index is 12.7. The second-order valence-corrected chi connectivity index (χ2v) is 5.69.